The van der Waals surface area contributed by atoms with Crippen LogP contribution in [0.5, 0.6) is 5.75 Å². The Morgan fingerprint density at radius 2 is 2.17 bits per heavy atom. The Morgan fingerprint density at radius 1 is 1.17 bits per heavy atom. The third-order valence-corrected chi connectivity index (χ3v) is 3.09. The molecule has 0 atom stereocenters. The zero-order chi connectivity index (χ0) is 11.9. The summed E-state index contributed by atoms with van der Waals surface area (Å²) in [5.74, 6) is 0.830. The topological polar surface area (TPSA) is 39.9 Å². The van der Waals surface area contributed by atoms with Crippen LogP contribution in [0.15, 0.2) is 49.2 Å². The lowest BCUT2D eigenvalue weighted by molar-refractivity contribution is 0.493. The van der Waals surface area contributed by atoms with E-state index in [-0.39, 0.29) is 0 Å². The van der Waals surface area contributed by atoms with Gasteiger partial charge in [-0.1, -0.05) is 0 Å². The van der Waals surface area contributed by atoms with Crippen LogP contribution >= 0.6 is 0 Å². The second-order valence-electron chi connectivity index (χ2n) is 4.10. The molecule has 0 fully saturated rings. The summed E-state index contributed by atoms with van der Waals surface area (Å²) in [5, 5.41) is 1.01. The van der Waals surface area contributed by atoms with Crippen LogP contribution in [0.2, 0.25) is 0 Å². The summed E-state index contributed by atoms with van der Waals surface area (Å²) in [5.41, 5.74) is 2.97. The molecular formula is C14H9N3O. The molecule has 4 heteroatoms. The van der Waals surface area contributed by atoms with Gasteiger partial charge in [-0.05, 0) is 24.3 Å². The van der Waals surface area contributed by atoms with Crippen molar-refractivity contribution in [3.05, 3.63) is 49.2 Å². The van der Waals surface area contributed by atoms with Crippen molar-refractivity contribution in [3.8, 4) is 17.0 Å². The molecule has 0 unspecified atom stereocenters. The zero-order valence-electron chi connectivity index (χ0n) is 9.45. The highest BCUT2D eigenvalue weighted by Crippen LogP contribution is 2.37. The van der Waals surface area contributed by atoms with Gasteiger partial charge in [0.05, 0.1) is 23.7 Å². The highest BCUT2D eigenvalue weighted by molar-refractivity contribution is 5.93. The summed E-state index contributed by atoms with van der Waals surface area (Å²) < 4.78 is 7.67. The van der Waals surface area contributed by atoms with Gasteiger partial charge in [-0.25, -0.2) is 4.98 Å². The second kappa shape index (κ2) is 3.43. The summed E-state index contributed by atoms with van der Waals surface area (Å²) >= 11 is 0. The molecular weight excluding hydrogens is 226 g/mol. The van der Waals surface area contributed by atoms with Crippen LogP contribution in [0.3, 0.4) is 0 Å². The van der Waals surface area contributed by atoms with E-state index in [1.54, 1.807) is 18.8 Å². The van der Waals surface area contributed by atoms with E-state index in [1.165, 1.54) is 0 Å². The summed E-state index contributed by atoms with van der Waals surface area (Å²) in [6.45, 7) is 0. The molecule has 0 aliphatic carbocycles. The molecule has 18 heavy (non-hydrogen) atoms. The quantitative estimate of drug-likeness (QED) is 0.601. The van der Waals surface area contributed by atoms with Crippen molar-refractivity contribution >= 4 is 17.1 Å². The number of aromatic nitrogens is 3. The molecule has 4 rings (SSSR count). The van der Waals surface area contributed by atoms with Gasteiger partial charge in [0.1, 0.15) is 12.0 Å². The number of imidazole rings is 1. The van der Waals surface area contributed by atoms with Crippen LogP contribution < -0.4 is 4.74 Å². The van der Waals surface area contributed by atoms with Crippen molar-refractivity contribution in [2.75, 3.05) is 0 Å². The van der Waals surface area contributed by atoms with Crippen LogP contribution in [-0.2, 0) is 0 Å². The van der Waals surface area contributed by atoms with E-state index in [0.29, 0.717) is 0 Å². The number of nitrogens with zero attached hydrogens (tertiary/aromatic N) is 3. The molecule has 3 heterocycles. The standard InChI is InChI=1S/C14H9N3O/c1-2-10-12(16-5-1)4-3-11-13-8-15-9-17(13)6-7-18-14(10)11/h1-9H. The fourth-order valence-electron chi connectivity index (χ4n) is 2.25. The van der Waals surface area contributed by atoms with Crippen molar-refractivity contribution in [1.29, 1.82) is 0 Å². The highest BCUT2D eigenvalue weighted by Gasteiger charge is 2.15. The molecule has 1 aromatic carbocycles. The first-order valence-corrected chi connectivity index (χ1v) is 5.67. The molecule has 0 spiro atoms. The molecule has 1 aliphatic rings. The molecule has 2 aromatic heterocycles. The molecule has 0 radical (unpaired) electrons. The van der Waals surface area contributed by atoms with Crippen molar-refractivity contribution in [2.24, 2.45) is 0 Å². The number of hydrogen-bond acceptors (Lipinski definition) is 3. The van der Waals surface area contributed by atoms with E-state index >= 15 is 0 Å². The van der Waals surface area contributed by atoms with Crippen LogP contribution in [0.1, 0.15) is 0 Å². The van der Waals surface area contributed by atoms with Gasteiger partial charge in [-0.3, -0.25) is 4.98 Å². The maximum absolute atomic E-state index is 5.73. The summed E-state index contributed by atoms with van der Waals surface area (Å²) in [6, 6.07) is 7.95. The van der Waals surface area contributed by atoms with Crippen LogP contribution in [0, 0.1) is 0 Å². The minimum atomic E-state index is 0.830. The molecule has 4 nitrogen and oxygen atoms in total. The zero-order valence-corrected chi connectivity index (χ0v) is 9.45. The van der Waals surface area contributed by atoms with Gasteiger partial charge in [0.25, 0.3) is 0 Å². The number of rotatable bonds is 0. The Hall–Kier alpha value is -2.62. The van der Waals surface area contributed by atoms with E-state index in [1.807, 2.05) is 41.2 Å². The number of benzene rings is 1. The highest BCUT2D eigenvalue weighted by atomic mass is 16.5. The first kappa shape index (κ1) is 9.41. The monoisotopic (exact) mass is 235 g/mol. The predicted octanol–water partition coefficient (Wildman–Crippen LogP) is 2.92. The average Bonchev–Trinajstić information content (AvgIpc) is 2.80. The Labute approximate surface area is 103 Å². The molecule has 0 bridgehead atoms. The third-order valence-electron chi connectivity index (χ3n) is 3.09. The maximum Gasteiger partial charge on any atom is 0.145 e. The second-order valence-corrected chi connectivity index (χ2v) is 4.10. The smallest absolute Gasteiger partial charge is 0.145 e. The van der Waals surface area contributed by atoms with E-state index in [4.69, 9.17) is 4.74 Å². The van der Waals surface area contributed by atoms with E-state index < -0.39 is 0 Å². The fraction of sp³-hybridized carbons (Fsp3) is 0. The Bertz CT molecular complexity index is 774. The summed E-state index contributed by atoms with van der Waals surface area (Å²) in [7, 11) is 0. The lowest BCUT2D eigenvalue weighted by Crippen LogP contribution is -1.89. The average molecular weight is 235 g/mol. The van der Waals surface area contributed by atoms with Crippen molar-refractivity contribution in [1.82, 2.24) is 14.5 Å². The Kier molecular flexibility index (Phi) is 1.80. The van der Waals surface area contributed by atoms with Gasteiger partial charge in [-0.15, -0.1) is 0 Å². The molecule has 86 valence electrons. The third kappa shape index (κ3) is 1.20. The molecule has 0 amide bonds. The van der Waals surface area contributed by atoms with E-state index in [9.17, 15) is 0 Å². The lowest BCUT2D eigenvalue weighted by Gasteiger charge is -2.08. The summed E-state index contributed by atoms with van der Waals surface area (Å²) in [4.78, 5) is 8.50. The van der Waals surface area contributed by atoms with Gasteiger partial charge < -0.3 is 9.30 Å². The normalized spacial score (nSPS) is 12.7. The number of fused-ring (bicyclic) bond motifs is 5. The fourth-order valence-corrected chi connectivity index (χ4v) is 2.25. The number of pyridine rings is 1. The van der Waals surface area contributed by atoms with Crippen LogP contribution in [0.4, 0.5) is 0 Å². The van der Waals surface area contributed by atoms with Crippen molar-refractivity contribution in [3.63, 3.8) is 0 Å². The Balaban J connectivity index is 2.13. The summed E-state index contributed by atoms with van der Waals surface area (Å²) in [6.07, 6.45) is 8.90. The first-order valence-electron chi connectivity index (χ1n) is 5.67. The van der Waals surface area contributed by atoms with Crippen LogP contribution in [-0.4, -0.2) is 14.5 Å². The van der Waals surface area contributed by atoms with Crippen molar-refractivity contribution < 1.29 is 4.74 Å². The first-order chi connectivity index (χ1) is 8.93. The number of hydrogen-bond donors (Lipinski definition) is 0. The SMILES string of the molecule is C1=Cn2cncc2-c2ccc3ncccc3c2O1. The molecule has 0 saturated carbocycles. The van der Waals surface area contributed by atoms with E-state index in [0.717, 1.165) is 27.9 Å². The molecule has 3 aromatic rings. The van der Waals surface area contributed by atoms with E-state index in [2.05, 4.69) is 9.97 Å². The van der Waals surface area contributed by atoms with Crippen molar-refractivity contribution in [2.45, 2.75) is 0 Å². The van der Waals surface area contributed by atoms with Crippen LogP contribution in [0.25, 0.3) is 28.4 Å². The largest absolute Gasteiger partial charge is 0.462 e. The predicted molar refractivity (Wildman–Crippen MR) is 68.9 cm³/mol. The lowest BCUT2D eigenvalue weighted by atomic mass is 10.1. The van der Waals surface area contributed by atoms with Gasteiger partial charge in [0, 0.05) is 23.3 Å². The molecule has 0 N–H and O–H groups in total. The van der Waals surface area contributed by atoms with Gasteiger partial charge >= 0.3 is 0 Å². The minimum absolute atomic E-state index is 0.830. The molecule has 1 aliphatic heterocycles. The van der Waals surface area contributed by atoms with Gasteiger partial charge in [0.2, 0.25) is 0 Å². The van der Waals surface area contributed by atoms with Gasteiger partial charge in [-0.2, -0.15) is 0 Å². The Morgan fingerprint density at radius 3 is 3.17 bits per heavy atom. The number of ether oxygens (including phenoxy) is 1. The molecule has 0 saturated heterocycles. The minimum Gasteiger partial charge on any atom is -0.462 e. The van der Waals surface area contributed by atoms with Gasteiger partial charge in [0.15, 0.2) is 0 Å². The maximum atomic E-state index is 5.73.